The molecule has 0 bridgehead atoms. The Labute approximate surface area is 271 Å². The monoisotopic (exact) mass is 655 g/mol. The number of benzene rings is 1. The van der Waals surface area contributed by atoms with Crippen LogP contribution in [0.3, 0.4) is 0 Å². The largest absolute Gasteiger partial charge is 0.394 e. The number of carbonyl (C=O) groups excluding carboxylic acids is 2. The first kappa shape index (κ1) is 31.4. The van der Waals surface area contributed by atoms with Crippen molar-refractivity contribution in [3.8, 4) is 11.3 Å². The normalized spacial score (nSPS) is 18.4. The summed E-state index contributed by atoms with van der Waals surface area (Å²) in [5.41, 5.74) is 3.00. The summed E-state index contributed by atoms with van der Waals surface area (Å²) in [6, 6.07) is 5.87. The maximum absolute atomic E-state index is 13.6. The molecule has 0 aliphatic carbocycles. The Hall–Kier alpha value is -3.55. The number of rotatable bonds is 9. The fourth-order valence-electron chi connectivity index (χ4n) is 5.78. The number of hydrogen-bond acceptors (Lipinski definition) is 10. The number of pyridine rings is 1. The first-order chi connectivity index (χ1) is 21.8. The average molecular weight is 657 g/mol. The fourth-order valence-corrected chi connectivity index (χ4v) is 6.21. The molecule has 3 N–H and O–H groups in total. The number of morpholine rings is 1. The average Bonchev–Trinajstić information content (AvgIpc) is 3.40. The van der Waals surface area contributed by atoms with Gasteiger partial charge in [-0.25, -0.2) is 15.0 Å². The summed E-state index contributed by atoms with van der Waals surface area (Å²) in [6.45, 7) is 5.45. The van der Waals surface area contributed by atoms with Crippen LogP contribution in [0.4, 0.5) is 11.8 Å². The van der Waals surface area contributed by atoms with Crippen LogP contribution in [0.2, 0.25) is 10.0 Å². The number of aromatic nitrogens is 3. The van der Waals surface area contributed by atoms with Gasteiger partial charge >= 0.3 is 0 Å². The Balaban J connectivity index is 1.15. The van der Waals surface area contributed by atoms with E-state index in [1.54, 1.807) is 25.3 Å². The van der Waals surface area contributed by atoms with E-state index in [1.807, 2.05) is 12.1 Å². The van der Waals surface area contributed by atoms with Gasteiger partial charge in [0.25, 0.3) is 5.91 Å². The lowest BCUT2D eigenvalue weighted by molar-refractivity contribution is -0.126. The number of hydrogen-bond donors (Lipinski definition) is 3. The van der Waals surface area contributed by atoms with E-state index in [2.05, 4.69) is 30.5 Å². The molecule has 0 saturated carbocycles. The van der Waals surface area contributed by atoms with Gasteiger partial charge in [0.2, 0.25) is 11.9 Å². The lowest BCUT2D eigenvalue weighted by Crippen LogP contribution is -2.46. The Morgan fingerprint density at radius 3 is 2.56 bits per heavy atom. The first-order valence-electron chi connectivity index (χ1n) is 15.0. The molecule has 2 aromatic heterocycles. The number of ether oxygens (including phenoxy) is 2. The Bertz CT molecular complexity index is 1570. The lowest BCUT2D eigenvalue weighted by atomic mass is 10.0. The molecule has 45 heavy (non-hydrogen) atoms. The van der Waals surface area contributed by atoms with Gasteiger partial charge in [-0.1, -0.05) is 35.3 Å². The number of nitrogens with one attached hydrogen (secondary N) is 2. The van der Waals surface area contributed by atoms with Gasteiger partial charge in [-0.05, 0) is 37.5 Å². The predicted molar refractivity (Wildman–Crippen MR) is 170 cm³/mol. The maximum atomic E-state index is 13.6. The van der Waals surface area contributed by atoms with Crippen LogP contribution in [0.1, 0.15) is 47.3 Å². The molecular formula is C31H35Cl2N7O5. The minimum absolute atomic E-state index is 0.211. The van der Waals surface area contributed by atoms with Crippen molar-refractivity contribution in [3.05, 3.63) is 63.4 Å². The highest BCUT2D eigenvalue weighted by Gasteiger charge is 2.35. The van der Waals surface area contributed by atoms with Crippen molar-refractivity contribution in [2.45, 2.75) is 44.4 Å². The molecule has 2 fully saturated rings. The van der Waals surface area contributed by atoms with Gasteiger partial charge in [0.15, 0.2) is 0 Å². The smallest absolute Gasteiger partial charge is 0.255 e. The number of carbonyl (C=O) groups is 2. The van der Waals surface area contributed by atoms with Crippen molar-refractivity contribution in [2.24, 2.45) is 0 Å². The molecular weight excluding hydrogens is 621 g/mol. The summed E-state index contributed by atoms with van der Waals surface area (Å²) < 4.78 is 10.9. The second-order valence-corrected chi connectivity index (χ2v) is 12.1. The number of nitrogens with zero attached hydrogens (tertiary/aromatic N) is 5. The van der Waals surface area contributed by atoms with Crippen LogP contribution in [0.25, 0.3) is 11.3 Å². The zero-order valence-electron chi connectivity index (χ0n) is 24.8. The first-order valence-corrected chi connectivity index (χ1v) is 15.8. The number of fused-ring (bicyclic) bond motifs is 1. The van der Waals surface area contributed by atoms with E-state index in [0.29, 0.717) is 83.7 Å². The zero-order chi connectivity index (χ0) is 31.5. The van der Waals surface area contributed by atoms with E-state index < -0.39 is 18.0 Å². The lowest BCUT2D eigenvalue weighted by Gasteiger charge is -2.29. The molecule has 2 atom stereocenters. The molecule has 2 amide bonds. The quantitative estimate of drug-likeness (QED) is 0.314. The minimum atomic E-state index is -0.820. The third-order valence-corrected chi connectivity index (χ3v) is 9.03. The Kier molecular flexibility index (Phi) is 9.67. The van der Waals surface area contributed by atoms with E-state index in [1.165, 1.54) is 11.1 Å². The van der Waals surface area contributed by atoms with Crippen LogP contribution in [0.5, 0.6) is 0 Å². The van der Waals surface area contributed by atoms with Crippen LogP contribution < -0.4 is 15.5 Å². The fraction of sp³-hybridized carbons (Fsp3) is 0.452. The van der Waals surface area contributed by atoms with Gasteiger partial charge in [-0.3, -0.25) is 9.59 Å². The minimum Gasteiger partial charge on any atom is -0.394 e. The highest BCUT2D eigenvalue weighted by Crippen LogP contribution is 2.33. The van der Waals surface area contributed by atoms with Gasteiger partial charge in [0.05, 0.1) is 47.8 Å². The molecule has 1 aromatic carbocycles. The van der Waals surface area contributed by atoms with Crippen molar-refractivity contribution >= 4 is 46.8 Å². The molecule has 3 aromatic rings. The number of anilines is 2. The molecule has 0 radical (unpaired) electrons. The third kappa shape index (κ3) is 6.85. The summed E-state index contributed by atoms with van der Waals surface area (Å²) in [5.74, 6) is 0.454. The summed E-state index contributed by atoms with van der Waals surface area (Å²) in [6.07, 6.45) is 4.79. The van der Waals surface area contributed by atoms with E-state index in [0.717, 1.165) is 18.4 Å². The van der Waals surface area contributed by atoms with Crippen molar-refractivity contribution < 1.29 is 24.2 Å². The molecule has 0 unspecified atom stereocenters. The van der Waals surface area contributed by atoms with Crippen LogP contribution >= 0.6 is 23.2 Å². The highest BCUT2D eigenvalue weighted by molar-refractivity contribution is 6.33. The molecule has 12 nitrogen and oxygen atoms in total. The van der Waals surface area contributed by atoms with Crippen molar-refractivity contribution in [2.75, 3.05) is 56.3 Å². The summed E-state index contributed by atoms with van der Waals surface area (Å²) in [4.78, 5) is 44.0. The third-order valence-electron chi connectivity index (χ3n) is 8.44. The molecule has 238 valence electrons. The molecule has 2 saturated heterocycles. The van der Waals surface area contributed by atoms with Crippen LogP contribution in [-0.4, -0.2) is 95.0 Å². The second kappa shape index (κ2) is 13.8. The predicted octanol–water partition coefficient (Wildman–Crippen LogP) is 3.47. The SMILES string of the molecule is C[C@H](C(=O)N[C@H](CO)c1cc(N2CCOCC2)ncc1Cl)N1Cc2ccc(-c3nc(NC4CCOCC4)ncc3Cl)cc2C1=O. The van der Waals surface area contributed by atoms with Crippen LogP contribution in [-0.2, 0) is 20.8 Å². The Morgan fingerprint density at radius 1 is 1.07 bits per heavy atom. The second-order valence-electron chi connectivity index (χ2n) is 11.3. The molecule has 6 rings (SSSR count). The summed E-state index contributed by atoms with van der Waals surface area (Å²) >= 11 is 13.0. The van der Waals surface area contributed by atoms with E-state index >= 15 is 0 Å². The molecule has 3 aliphatic rings. The number of amides is 2. The zero-order valence-corrected chi connectivity index (χ0v) is 26.4. The number of aliphatic hydroxyl groups excluding tert-OH is 1. The summed E-state index contributed by atoms with van der Waals surface area (Å²) in [7, 11) is 0. The van der Waals surface area contributed by atoms with Crippen molar-refractivity contribution in [1.82, 2.24) is 25.2 Å². The Morgan fingerprint density at radius 2 is 1.80 bits per heavy atom. The van der Waals surface area contributed by atoms with E-state index in [4.69, 9.17) is 32.7 Å². The van der Waals surface area contributed by atoms with Crippen molar-refractivity contribution in [3.63, 3.8) is 0 Å². The van der Waals surface area contributed by atoms with Gasteiger partial charge in [-0.15, -0.1) is 0 Å². The van der Waals surface area contributed by atoms with E-state index in [-0.39, 0.29) is 25.1 Å². The highest BCUT2D eigenvalue weighted by atomic mass is 35.5. The molecule has 14 heteroatoms. The van der Waals surface area contributed by atoms with Crippen LogP contribution in [0, 0.1) is 0 Å². The van der Waals surface area contributed by atoms with E-state index in [9.17, 15) is 14.7 Å². The van der Waals surface area contributed by atoms with Gasteiger partial charge in [0, 0.05) is 61.8 Å². The van der Waals surface area contributed by atoms with Gasteiger partial charge < -0.3 is 35.0 Å². The number of aliphatic hydroxyl groups is 1. The molecule has 5 heterocycles. The van der Waals surface area contributed by atoms with Crippen LogP contribution in [0.15, 0.2) is 36.7 Å². The standard InChI is InChI=1S/C31H35Cl2N7O5/c1-18(29(42)37-26(17-41)23-13-27(34-14-24(23)32)39-6-10-45-11-7-39)40-16-20-3-2-19(12-22(20)30(40)43)28-25(33)15-35-31(38-28)36-21-4-8-44-9-5-21/h2-3,12-15,18,21,26,41H,4-11,16-17H2,1H3,(H,37,42)(H,35,36,38)/t18-,26-/m1/s1. The van der Waals surface area contributed by atoms with Crippen molar-refractivity contribution in [1.29, 1.82) is 0 Å². The summed E-state index contributed by atoms with van der Waals surface area (Å²) in [5, 5.41) is 17.1. The molecule has 0 spiro atoms. The van der Waals surface area contributed by atoms with Gasteiger partial charge in [0.1, 0.15) is 11.9 Å². The topological polar surface area (TPSA) is 142 Å². The molecule has 3 aliphatic heterocycles. The van der Waals surface area contributed by atoms with Gasteiger partial charge in [-0.2, -0.15) is 0 Å². The number of halogens is 2. The maximum Gasteiger partial charge on any atom is 0.255 e.